The molecule has 1 aromatic carbocycles. The highest BCUT2D eigenvalue weighted by molar-refractivity contribution is 5.54. The first kappa shape index (κ1) is 14.9. The van der Waals surface area contributed by atoms with Crippen LogP contribution >= 0.6 is 0 Å². The van der Waals surface area contributed by atoms with Crippen LogP contribution < -0.4 is 10.6 Å². The third-order valence-electron chi connectivity index (χ3n) is 5.22. The predicted octanol–water partition coefficient (Wildman–Crippen LogP) is 2.50. The largest absolute Gasteiger partial charge is 0.371 e. The van der Waals surface area contributed by atoms with Gasteiger partial charge in [-0.1, -0.05) is 18.2 Å². The number of para-hydroxylation sites is 1. The second-order valence-corrected chi connectivity index (χ2v) is 7.00. The summed E-state index contributed by atoms with van der Waals surface area (Å²) in [5.74, 6) is 0.834. The quantitative estimate of drug-likeness (QED) is 0.927. The van der Waals surface area contributed by atoms with Gasteiger partial charge in [-0.3, -0.25) is 0 Å². The normalized spacial score (nSPS) is 28.2. The Kier molecular flexibility index (Phi) is 4.51. The van der Waals surface area contributed by atoms with Crippen molar-refractivity contribution in [1.29, 1.82) is 0 Å². The molecule has 3 rings (SSSR count). The number of rotatable bonds is 3. The van der Waals surface area contributed by atoms with Gasteiger partial charge in [0, 0.05) is 30.9 Å². The Labute approximate surface area is 129 Å². The number of piperidine rings is 2. The summed E-state index contributed by atoms with van der Waals surface area (Å²) in [6, 6.07) is 9.86. The van der Waals surface area contributed by atoms with Crippen LogP contribution in [0.5, 0.6) is 0 Å². The highest BCUT2D eigenvalue weighted by atomic mass is 15.2. The zero-order valence-corrected chi connectivity index (χ0v) is 13.5. The van der Waals surface area contributed by atoms with E-state index >= 15 is 0 Å². The number of fused-ring (bicyclic) bond motifs is 1. The fraction of sp³-hybridized carbons (Fsp3) is 0.667. The van der Waals surface area contributed by atoms with Crippen molar-refractivity contribution in [3.05, 3.63) is 29.8 Å². The van der Waals surface area contributed by atoms with Gasteiger partial charge in [-0.25, -0.2) is 0 Å². The minimum Gasteiger partial charge on any atom is -0.371 e. The molecule has 1 aromatic rings. The Morgan fingerprint density at radius 2 is 2.05 bits per heavy atom. The standard InChI is InChI=1S/C18H29N3/c1-14(19)12-15-6-3-4-8-18(15)21-11-9-17-16(13-21)7-5-10-20(17)2/h3-4,6,8,14,16-17H,5,7,9-13,19H2,1-2H3. The summed E-state index contributed by atoms with van der Waals surface area (Å²) in [7, 11) is 2.30. The molecule has 3 heteroatoms. The molecule has 3 atom stereocenters. The van der Waals surface area contributed by atoms with Crippen molar-refractivity contribution in [2.24, 2.45) is 11.7 Å². The van der Waals surface area contributed by atoms with Gasteiger partial charge in [0.1, 0.15) is 0 Å². The molecule has 0 radical (unpaired) electrons. The minimum absolute atomic E-state index is 0.226. The van der Waals surface area contributed by atoms with E-state index in [0.717, 1.165) is 18.4 Å². The van der Waals surface area contributed by atoms with Crippen LogP contribution in [0.15, 0.2) is 24.3 Å². The molecule has 0 bridgehead atoms. The van der Waals surface area contributed by atoms with Crippen LogP contribution in [0.3, 0.4) is 0 Å². The van der Waals surface area contributed by atoms with Gasteiger partial charge in [0.25, 0.3) is 0 Å². The zero-order chi connectivity index (χ0) is 14.8. The number of nitrogens with two attached hydrogens (primary N) is 1. The Balaban J connectivity index is 1.76. The molecule has 2 fully saturated rings. The fourth-order valence-corrected chi connectivity index (χ4v) is 4.21. The number of likely N-dealkylation sites (tertiary alicyclic amines) is 1. The molecule has 2 aliphatic rings. The van der Waals surface area contributed by atoms with E-state index in [1.807, 2.05) is 0 Å². The molecule has 0 aliphatic carbocycles. The van der Waals surface area contributed by atoms with Crippen LogP contribution in [0.1, 0.15) is 31.7 Å². The van der Waals surface area contributed by atoms with E-state index in [1.165, 1.54) is 50.1 Å². The molecule has 116 valence electrons. The molecule has 2 N–H and O–H groups in total. The van der Waals surface area contributed by atoms with E-state index < -0.39 is 0 Å². The smallest absolute Gasteiger partial charge is 0.0399 e. The van der Waals surface area contributed by atoms with E-state index in [0.29, 0.717) is 0 Å². The Morgan fingerprint density at radius 3 is 2.86 bits per heavy atom. The first-order valence-corrected chi connectivity index (χ1v) is 8.44. The van der Waals surface area contributed by atoms with Crippen LogP contribution in [0.4, 0.5) is 5.69 Å². The van der Waals surface area contributed by atoms with Gasteiger partial charge < -0.3 is 15.5 Å². The molecule has 3 nitrogen and oxygen atoms in total. The van der Waals surface area contributed by atoms with Gasteiger partial charge in [0.05, 0.1) is 0 Å². The highest BCUT2D eigenvalue weighted by Gasteiger charge is 2.34. The summed E-state index contributed by atoms with van der Waals surface area (Å²) in [5, 5.41) is 0. The predicted molar refractivity (Wildman–Crippen MR) is 89.8 cm³/mol. The summed E-state index contributed by atoms with van der Waals surface area (Å²) < 4.78 is 0. The average Bonchev–Trinajstić information content (AvgIpc) is 2.47. The Bertz CT molecular complexity index is 471. The van der Waals surface area contributed by atoms with Gasteiger partial charge >= 0.3 is 0 Å². The third-order valence-corrected chi connectivity index (χ3v) is 5.22. The van der Waals surface area contributed by atoms with Crippen molar-refractivity contribution in [3.8, 4) is 0 Å². The van der Waals surface area contributed by atoms with Gasteiger partial charge in [-0.15, -0.1) is 0 Å². The molecule has 0 amide bonds. The van der Waals surface area contributed by atoms with E-state index in [4.69, 9.17) is 5.73 Å². The van der Waals surface area contributed by atoms with E-state index in [9.17, 15) is 0 Å². The maximum Gasteiger partial charge on any atom is 0.0399 e. The number of anilines is 1. The Hall–Kier alpha value is -1.06. The summed E-state index contributed by atoms with van der Waals surface area (Å²) in [4.78, 5) is 5.19. The lowest BCUT2D eigenvalue weighted by Crippen LogP contribution is -2.52. The lowest BCUT2D eigenvalue weighted by Gasteiger charge is -2.47. The van der Waals surface area contributed by atoms with Crippen molar-refractivity contribution in [3.63, 3.8) is 0 Å². The first-order valence-electron chi connectivity index (χ1n) is 8.44. The van der Waals surface area contributed by atoms with Gasteiger partial charge in [-0.2, -0.15) is 0 Å². The second-order valence-electron chi connectivity index (χ2n) is 7.00. The van der Waals surface area contributed by atoms with Gasteiger partial charge in [-0.05, 0) is 63.7 Å². The Morgan fingerprint density at radius 1 is 1.24 bits per heavy atom. The number of nitrogens with zero attached hydrogens (tertiary/aromatic N) is 2. The molecule has 2 heterocycles. The molecule has 0 aromatic heterocycles. The van der Waals surface area contributed by atoms with Crippen molar-refractivity contribution in [2.45, 2.75) is 44.7 Å². The molecule has 0 saturated carbocycles. The molecular formula is C18H29N3. The van der Waals surface area contributed by atoms with Crippen LogP contribution in [-0.4, -0.2) is 43.7 Å². The molecule has 2 aliphatic heterocycles. The summed E-state index contributed by atoms with van der Waals surface area (Å²) in [5.41, 5.74) is 8.85. The average molecular weight is 287 g/mol. The summed E-state index contributed by atoms with van der Waals surface area (Å²) in [6.07, 6.45) is 5.02. The van der Waals surface area contributed by atoms with Gasteiger partial charge in [0.2, 0.25) is 0 Å². The van der Waals surface area contributed by atoms with Crippen LogP contribution in [0, 0.1) is 5.92 Å². The SMILES string of the molecule is CC(N)Cc1ccccc1N1CCC2C(CCCN2C)C1. The lowest BCUT2D eigenvalue weighted by molar-refractivity contribution is 0.102. The fourth-order valence-electron chi connectivity index (χ4n) is 4.21. The lowest BCUT2D eigenvalue weighted by atomic mass is 9.84. The molecular weight excluding hydrogens is 258 g/mol. The second kappa shape index (κ2) is 6.37. The van der Waals surface area contributed by atoms with Crippen LogP contribution in [-0.2, 0) is 6.42 Å². The molecule has 21 heavy (non-hydrogen) atoms. The molecule has 0 spiro atoms. The molecule has 3 unspecified atom stereocenters. The van der Waals surface area contributed by atoms with Crippen LogP contribution in [0.2, 0.25) is 0 Å². The highest BCUT2D eigenvalue weighted by Crippen LogP contribution is 2.33. The number of benzene rings is 1. The monoisotopic (exact) mass is 287 g/mol. The summed E-state index contributed by atoms with van der Waals surface area (Å²) in [6.45, 7) is 5.77. The topological polar surface area (TPSA) is 32.5 Å². The third kappa shape index (κ3) is 3.24. The maximum absolute atomic E-state index is 6.02. The van der Waals surface area contributed by atoms with Crippen LogP contribution in [0.25, 0.3) is 0 Å². The van der Waals surface area contributed by atoms with Gasteiger partial charge in [0.15, 0.2) is 0 Å². The zero-order valence-electron chi connectivity index (χ0n) is 13.5. The van der Waals surface area contributed by atoms with E-state index in [-0.39, 0.29) is 6.04 Å². The maximum atomic E-state index is 6.02. The van der Waals surface area contributed by atoms with Crippen molar-refractivity contribution >= 4 is 5.69 Å². The summed E-state index contributed by atoms with van der Waals surface area (Å²) >= 11 is 0. The van der Waals surface area contributed by atoms with Crippen molar-refractivity contribution in [1.82, 2.24) is 4.90 Å². The first-order chi connectivity index (χ1) is 10.1. The minimum atomic E-state index is 0.226. The number of hydrogen-bond donors (Lipinski definition) is 1. The number of hydrogen-bond acceptors (Lipinski definition) is 3. The molecule has 2 saturated heterocycles. The van der Waals surface area contributed by atoms with E-state index in [2.05, 4.69) is 48.0 Å². The van der Waals surface area contributed by atoms with E-state index in [1.54, 1.807) is 0 Å². The van der Waals surface area contributed by atoms with Crippen molar-refractivity contribution < 1.29 is 0 Å². The van der Waals surface area contributed by atoms with Crippen molar-refractivity contribution in [2.75, 3.05) is 31.6 Å².